The van der Waals surface area contributed by atoms with Crippen LogP contribution in [0.15, 0.2) is 12.2 Å². The van der Waals surface area contributed by atoms with Crippen molar-refractivity contribution in [1.82, 2.24) is 10.2 Å². The average Bonchev–Trinajstić information content (AvgIpc) is 2.57. The van der Waals surface area contributed by atoms with Crippen LogP contribution < -0.4 is 5.32 Å². The number of nitrogens with one attached hydrogen (secondary N) is 1. The zero-order chi connectivity index (χ0) is 12.0. The van der Waals surface area contributed by atoms with E-state index in [9.17, 15) is 14.4 Å². The smallest absolute Gasteiger partial charge is 0.253 e. The summed E-state index contributed by atoms with van der Waals surface area (Å²) in [6, 6.07) is 0. The predicted octanol–water partition coefficient (Wildman–Crippen LogP) is -0.219. The molecule has 0 unspecified atom stereocenters. The van der Waals surface area contributed by atoms with E-state index in [-0.39, 0.29) is 30.7 Å². The highest BCUT2D eigenvalue weighted by atomic mass is 32.2. The molecule has 0 spiro atoms. The van der Waals surface area contributed by atoms with Gasteiger partial charge in [-0.25, -0.2) is 0 Å². The van der Waals surface area contributed by atoms with Crippen LogP contribution in [0.2, 0.25) is 0 Å². The molecular weight excluding hydrogens is 228 g/mol. The largest absolute Gasteiger partial charge is 0.355 e. The number of amides is 3. The summed E-state index contributed by atoms with van der Waals surface area (Å²) in [5, 5.41) is 2.71. The monoisotopic (exact) mass is 242 g/mol. The van der Waals surface area contributed by atoms with Gasteiger partial charge < -0.3 is 5.32 Å². The first kappa shape index (κ1) is 12.8. The molecule has 1 heterocycles. The van der Waals surface area contributed by atoms with E-state index >= 15 is 0 Å². The standard InChI is InChI=1S/C10H14N2O3S/c1-16-7-5-11-8(13)4-6-12-9(14)2-3-10(12)15/h2-3H,4-7H2,1H3,(H,11,13). The van der Waals surface area contributed by atoms with Crippen molar-refractivity contribution in [3.8, 4) is 0 Å². The van der Waals surface area contributed by atoms with Crippen molar-refractivity contribution in [2.45, 2.75) is 6.42 Å². The molecule has 1 aliphatic heterocycles. The molecule has 0 aromatic rings. The van der Waals surface area contributed by atoms with Crippen LogP contribution >= 0.6 is 11.8 Å². The first-order chi connectivity index (χ1) is 7.65. The molecule has 0 aliphatic carbocycles. The van der Waals surface area contributed by atoms with Gasteiger partial charge in [0.05, 0.1) is 0 Å². The van der Waals surface area contributed by atoms with E-state index in [0.29, 0.717) is 6.54 Å². The molecule has 0 radical (unpaired) electrons. The molecule has 5 nitrogen and oxygen atoms in total. The Morgan fingerprint density at radius 2 is 2.00 bits per heavy atom. The summed E-state index contributed by atoms with van der Waals surface area (Å²) < 4.78 is 0. The van der Waals surface area contributed by atoms with Gasteiger partial charge in [-0.1, -0.05) is 0 Å². The lowest BCUT2D eigenvalue weighted by Gasteiger charge is -2.13. The molecule has 0 aromatic heterocycles. The van der Waals surface area contributed by atoms with Gasteiger partial charge in [0.1, 0.15) is 0 Å². The minimum Gasteiger partial charge on any atom is -0.355 e. The lowest BCUT2D eigenvalue weighted by atomic mass is 10.3. The van der Waals surface area contributed by atoms with Gasteiger partial charge in [-0.05, 0) is 6.26 Å². The van der Waals surface area contributed by atoms with E-state index in [1.165, 1.54) is 12.2 Å². The van der Waals surface area contributed by atoms with E-state index < -0.39 is 0 Å². The molecule has 0 fully saturated rings. The molecule has 16 heavy (non-hydrogen) atoms. The lowest BCUT2D eigenvalue weighted by molar-refractivity contribution is -0.137. The molecule has 1 N–H and O–H groups in total. The second-order valence-electron chi connectivity index (χ2n) is 3.25. The highest BCUT2D eigenvalue weighted by Gasteiger charge is 2.23. The van der Waals surface area contributed by atoms with Crippen molar-refractivity contribution >= 4 is 29.5 Å². The first-order valence-corrected chi connectivity index (χ1v) is 6.33. The number of nitrogens with zero attached hydrogens (tertiary/aromatic N) is 1. The van der Waals surface area contributed by atoms with Crippen LogP contribution in [0.1, 0.15) is 6.42 Å². The van der Waals surface area contributed by atoms with Gasteiger partial charge in [0.15, 0.2) is 0 Å². The normalized spacial score (nSPS) is 14.7. The molecule has 0 aromatic carbocycles. The molecule has 0 saturated carbocycles. The van der Waals surface area contributed by atoms with Gasteiger partial charge in [0.25, 0.3) is 11.8 Å². The first-order valence-electron chi connectivity index (χ1n) is 4.94. The van der Waals surface area contributed by atoms with Crippen LogP contribution in [0.3, 0.4) is 0 Å². The molecule has 88 valence electrons. The summed E-state index contributed by atoms with van der Waals surface area (Å²) in [6.07, 6.45) is 4.55. The molecule has 3 amide bonds. The Morgan fingerprint density at radius 3 is 2.56 bits per heavy atom. The number of carbonyl (C=O) groups is 3. The Labute approximate surface area is 98.2 Å². The van der Waals surface area contributed by atoms with Crippen molar-refractivity contribution in [2.75, 3.05) is 25.1 Å². The minimum atomic E-state index is -0.345. The predicted molar refractivity (Wildman–Crippen MR) is 61.9 cm³/mol. The van der Waals surface area contributed by atoms with Crippen molar-refractivity contribution in [1.29, 1.82) is 0 Å². The van der Waals surface area contributed by atoms with Crippen LogP contribution in [-0.2, 0) is 14.4 Å². The SMILES string of the molecule is CSCCNC(=O)CCN1C(=O)C=CC1=O. The summed E-state index contributed by atoms with van der Waals surface area (Å²) in [7, 11) is 0. The highest BCUT2D eigenvalue weighted by molar-refractivity contribution is 7.98. The number of imide groups is 1. The zero-order valence-corrected chi connectivity index (χ0v) is 9.88. The molecule has 0 bridgehead atoms. The van der Waals surface area contributed by atoms with E-state index in [1.807, 2.05) is 6.26 Å². The van der Waals surface area contributed by atoms with Gasteiger partial charge in [-0.2, -0.15) is 11.8 Å². The van der Waals surface area contributed by atoms with Gasteiger partial charge in [0.2, 0.25) is 5.91 Å². The Bertz CT molecular complexity index is 310. The Balaban J connectivity index is 2.22. The summed E-state index contributed by atoms with van der Waals surface area (Å²) in [5.41, 5.74) is 0. The van der Waals surface area contributed by atoms with Crippen molar-refractivity contribution in [2.24, 2.45) is 0 Å². The third-order valence-corrected chi connectivity index (χ3v) is 2.70. The average molecular weight is 242 g/mol. The van der Waals surface area contributed by atoms with Gasteiger partial charge in [-0.15, -0.1) is 0 Å². The minimum absolute atomic E-state index is 0.137. The van der Waals surface area contributed by atoms with E-state index in [2.05, 4.69) is 5.32 Å². The summed E-state index contributed by atoms with van der Waals surface area (Å²) in [5.74, 6) is 0.0277. The van der Waals surface area contributed by atoms with Crippen LogP contribution in [-0.4, -0.2) is 47.7 Å². The van der Waals surface area contributed by atoms with Gasteiger partial charge in [-0.3, -0.25) is 19.3 Å². The Kier molecular flexibility index (Phi) is 5.04. The molecule has 1 aliphatic rings. The van der Waals surface area contributed by atoms with Crippen LogP contribution in [0.4, 0.5) is 0 Å². The maximum atomic E-state index is 11.3. The van der Waals surface area contributed by atoms with Crippen LogP contribution in [0, 0.1) is 0 Å². The van der Waals surface area contributed by atoms with Crippen molar-refractivity contribution < 1.29 is 14.4 Å². The van der Waals surface area contributed by atoms with Crippen molar-refractivity contribution in [3.63, 3.8) is 0 Å². The third-order valence-electron chi connectivity index (χ3n) is 2.09. The maximum Gasteiger partial charge on any atom is 0.253 e. The maximum absolute atomic E-state index is 11.3. The van der Waals surface area contributed by atoms with Crippen LogP contribution in [0.25, 0.3) is 0 Å². The number of hydrogen-bond donors (Lipinski definition) is 1. The van der Waals surface area contributed by atoms with Gasteiger partial charge >= 0.3 is 0 Å². The molecule has 0 saturated heterocycles. The number of carbonyl (C=O) groups excluding carboxylic acids is 3. The Morgan fingerprint density at radius 1 is 1.38 bits per heavy atom. The second kappa shape index (κ2) is 6.32. The summed E-state index contributed by atoms with van der Waals surface area (Å²) in [6.45, 7) is 0.760. The highest BCUT2D eigenvalue weighted by Crippen LogP contribution is 2.03. The fourth-order valence-electron chi connectivity index (χ4n) is 1.25. The summed E-state index contributed by atoms with van der Waals surface area (Å²) in [4.78, 5) is 34.6. The van der Waals surface area contributed by atoms with Crippen molar-refractivity contribution in [3.05, 3.63) is 12.2 Å². The molecule has 6 heteroatoms. The summed E-state index contributed by atoms with van der Waals surface area (Å²) >= 11 is 1.64. The van der Waals surface area contributed by atoms with Crippen LogP contribution in [0.5, 0.6) is 0 Å². The topological polar surface area (TPSA) is 66.5 Å². The van der Waals surface area contributed by atoms with E-state index in [1.54, 1.807) is 11.8 Å². The van der Waals surface area contributed by atoms with Gasteiger partial charge in [0, 0.05) is 37.4 Å². The zero-order valence-electron chi connectivity index (χ0n) is 9.06. The molecule has 0 atom stereocenters. The molecule has 1 rings (SSSR count). The van der Waals surface area contributed by atoms with E-state index in [4.69, 9.17) is 0 Å². The number of rotatable bonds is 6. The molecular formula is C10H14N2O3S. The number of thioether (sulfide) groups is 1. The number of hydrogen-bond acceptors (Lipinski definition) is 4. The van der Waals surface area contributed by atoms with E-state index in [0.717, 1.165) is 10.7 Å². The third kappa shape index (κ3) is 3.69. The second-order valence-corrected chi connectivity index (χ2v) is 4.24. The Hall–Kier alpha value is -1.30. The lowest BCUT2D eigenvalue weighted by Crippen LogP contribution is -2.35. The fourth-order valence-corrected chi connectivity index (χ4v) is 1.55. The fraction of sp³-hybridized carbons (Fsp3) is 0.500. The quantitative estimate of drug-likeness (QED) is 0.516.